The molecule has 202 valence electrons. The molecule has 1 aromatic carbocycles. The van der Waals surface area contributed by atoms with Crippen LogP contribution >= 0.6 is 0 Å². The van der Waals surface area contributed by atoms with E-state index in [9.17, 15) is 34.2 Å². The lowest BCUT2D eigenvalue weighted by molar-refractivity contribution is -0.144. The number of nitrogens with one attached hydrogen (secondary N) is 4. The average molecular weight is 519 g/mol. The van der Waals surface area contributed by atoms with Crippen LogP contribution in [0.2, 0.25) is 0 Å². The van der Waals surface area contributed by atoms with Gasteiger partial charge in [0.25, 0.3) is 0 Å². The second-order valence-electron chi connectivity index (χ2n) is 8.86. The second kappa shape index (κ2) is 13.4. The number of carbonyl (C=O) groups excluding carboxylic acids is 4. The quantitative estimate of drug-likeness (QED) is 0.146. The summed E-state index contributed by atoms with van der Waals surface area (Å²) in [6.45, 7) is 2.54. The van der Waals surface area contributed by atoms with Crippen molar-refractivity contribution in [1.82, 2.24) is 20.9 Å². The molecule has 5 atom stereocenters. The Labute approximate surface area is 213 Å². The molecule has 0 aliphatic carbocycles. The Balaban J connectivity index is 2.06. The maximum Gasteiger partial charge on any atom is 0.326 e. The first-order valence-corrected chi connectivity index (χ1v) is 11.8. The molecule has 0 aliphatic rings. The summed E-state index contributed by atoms with van der Waals surface area (Å²) in [5.74, 6) is -5.30. The number of aliphatic carboxylic acids is 1. The Morgan fingerprint density at radius 3 is 2.22 bits per heavy atom. The van der Waals surface area contributed by atoms with Gasteiger partial charge in [0.1, 0.15) is 18.1 Å². The Bertz CT molecular complexity index is 1130. The molecule has 0 saturated carbocycles. The lowest BCUT2D eigenvalue weighted by Crippen LogP contribution is -2.59. The number of carboxylic acids is 1. The van der Waals surface area contributed by atoms with Gasteiger partial charge < -0.3 is 42.6 Å². The van der Waals surface area contributed by atoms with Crippen molar-refractivity contribution in [2.45, 2.75) is 57.3 Å². The van der Waals surface area contributed by atoms with E-state index in [1.807, 2.05) is 24.3 Å². The lowest BCUT2D eigenvalue weighted by Gasteiger charge is -2.25. The molecule has 13 nitrogen and oxygen atoms in total. The van der Waals surface area contributed by atoms with E-state index in [0.717, 1.165) is 16.5 Å². The van der Waals surface area contributed by atoms with Crippen molar-refractivity contribution < 1.29 is 34.2 Å². The zero-order chi connectivity index (χ0) is 27.7. The summed E-state index contributed by atoms with van der Waals surface area (Å²) in [5.41, 5.74) is 12.9. The van der Waals surface area contributed by atoms with Crippen LogP contribution in [0.1, 0.15) is 32.3 Å². The number of carboxylic acid groups (broad SMARTS) is 1. The molecule has 5 unspecified atom stereocenters. The molecular formula is C24H34N6O7. The van der Waals surface area contributed by atoms with Gasteiger partial charge in [0.05, 0.1) is 19.1 Å². The maximum atomic E-state index is 12.8. The summed E-state index contributed by atoms with van der Waals surface area (Å²) >= 11 is 0. The molecule has 0 saturated heterocycles. The number of fused-ring (bicyclic) bond motifs is 1. The van der Waals surface area contributed by atoms with Crippen LogP contribution in [-0.2, 0) is 30.4 Å². The van der Waals surface area contributed by atoms with Crippen LogP contribution in [0.3, 0.4) is 0 Å². The number of hydrogen-bond acceptors (Lipinski definition) is 7. The number of nitrogens with two attached hydrogens (primary N) is 2. The fourth-order valence-corrected chi connectivity index (χ4v) is 3.72. The number of H-pyrrole nitrogens is 1. The predicted octanol–water partition coefficient (Wildman–Crippen LogP) is -1.51. The molecule has 10 N–H and O–H groups in total. The normalized spacial score (nSPS) is 15.1. The number of aromatic nitrogens is 1. The summed E-state index contributed by atoms with van der Waals surface area (Å²) in [6, 6.07) is 2.11. The third-order valence-corrected chi connectivity index (χ3v) is 6.08. The van der Waals surface area contributed by atoms with Gasteiger partial charge in [0, 0.05) is 17.1 Å². The molecular weight excluding hydrogens is 484 g/mol. The average Bonchev–Trinajstić information content (AvgIpc) is 3.26. The largest absolute Gasteiger partial charge is 0.480 e. The highest BCUT2D eigenvalue weighted by Gasteiger charge is 2.32. The Morgan fingerprint density at radius 1 is 1.00 bits per heavy atom. The summed E-state index contributed by atoms with van der Waals surface area (Å²) in [5, 5.41) is 26.9. The van der Waals surface area contributed by atoms with Crippen molar-refractivity contribution in [3.05, 3.63) is 36.0 Å². The van der Waals surface area contributed by atoms with Gasteiger partial charge in [0.15, 0.2) is 0 Å². The number of carbonyl (C=O) groups is 5. The molecule has 2 rings (SSSR count). The molecule has 0 fully saturated rings. The molecule has 4 amide bonds. The number of para-hydroxylation sites is 1. The van der Waals surface area contributed by atoms with Gasteiger partial charge in [0.2, 0.25) is 23.6 Å². The molecule has 0 spiro atoms. The maximum absolute atomic E-state index is 12.8. The standard InChI is InChI=1S/C24H34N6O7/c1-3-12(2)20(24(36)37)30-22(34)17(9-19(26)32)28-23(35)18(11-31)29-21(33)15(25)8-13-10-27-16-7-5-4-6-14(13)16/h4-7,10,12,15,17-18,20,27,31H,3,8-9,11,25H2,1-2H3,(H2,26,32)(H,28,35)(H,29,33)(H,30,34)(H,36,37). The molecule has 2 aromatic rings. The van der Waals surface area contributed by atoms with Crippen molar-refractivity contribution in [3.63, 3.8) is 0 Å². The van der Waals surface area contributed by atoms with Crippen LogP contribution in [0.15, 0.2) is 30.5 Å². The van der Waals surface area contributed by atoms with E-state index in [2.05, 4.69) is 20.9 Å². The van der Waals surface area contributed by atoms with Crippen LogP contribution < -0.4 is 27.4 Å². The van der Waals surface area contributed by atoms with E-state index < -0.39 is 72.7 Å². The van der Waals surface area contributed by atoms with Crippen molar-refractivity contribution >= 4 is 40.5 Å². The van der Waals surface area contributed by atoms with E-state index in [0.29, 0.717) is 6.42 Å². The first kappa shape index (κ1) is 29.3. The molecule has 1 heterocycles. The molecule has 13 heteroatoms. The minimum absolute atomic E-state index is 0.147. The number of amides is 4. The van der Waals surface area contributed by atoms with Gasteiger partial charge in [-0.2, -0.15) is 0 Å². The van der Waals surface area contributed by atoms with Gasteiger partial charge in [-0.15, -0.1) is 0 Å². The van der Waals surface area contributed by atoms with Crippen LogP contribution in [-0.4, -0.2) is 75.6 Å². The Hall–Kier alpha value is -3.97. The molecule has 0 aliphatic heterocycles. The molecule has 1 aromatic heterocycles. The van der Waals surface area contributed by atoms with Gasteiger partial charge in [-0.3, -0.25) is 19.2 Å². The number of aliphatic hydroxyl groups excluding tert-OH is 1. The van der Waals surface area contributed by atoms with E-state index in [4.69, 9.17) is 11.5 Å². The van der Waals surface area contributed by atoms with E-state index in [-0.39, 0.29) is 6.42 Å². The number of aliphatic hydroxyl groups is 1. The highest BCUT2D eigenvalue weighted by Crippen LogP contribution is 2.18. The number of rotatable bonds is 14. The summed E-state index contributed by atoms with van der Waals surface area (Å²) < 4.78 is 0. The monoisotopic (exact) mass is 518 g/mol. The minimum atomic E-state index is -1.53. The lowest BCUT2D eigenvalue weighted by atomic mass is 9.98. The van der Waals surface area contributed by atoms with Crippen LogP contribution in [0.4, 0.5) is 0 Å². The molecule has 0 bridgehead atoms. The van der Waals surface area contributed by atoms with E-state index in [1.54, 1.807) is 20.0 Å². The first-order valence-electron chi connectivity index (χ1n) is 11.8. The molecule has 37 heavy (non-hydrogen) atoms. The smallest absolute Gasteiger partial charge is 0.326 e. The summed E-state index contributed by atoms with van der Waals surface area (Å²) in [6.07, 6.45) is 1.69. The molecule has 0 radical (unpaired) electrons. The third kappa shape index (κ3) is 8.02. The van der Waals surface area contributed by atoms with Gasteiger partial charge in [-0.25, -0.2) is 4.79 Å². The van der Waals surface area contributed by atoms with Crippen LogP contribution in [0, 0.1) is 5.92 Å². The Morgan fingerprint density at radius 2 is 1.62 bits per heavy atom. The highest BCUT2D eigenvalue weighted by atomic mass is 16.4. The van der Waals surface area contributed by atoms with Crippen LogP contribution in [0.5, 0.6) is 0 Å². The van der Waals surface area contributed by atoms with Crippen molar-refractivity contribution in [2.24, 2.45) is 17.4 Å². The van der Waals surface area contributed by atoms with Crippen molar-refractivity contribution in [1.29, 1.82) is 0 Å². The fourth-order valence-electron chi connectivity index (χ4n) is 3.72. The van der Waals surface area contributed by atoms with Crippen LogP contribution in [0.25, 0.3) is 10.9 Å². The fraction of sp³-hybridized carbons (Fsp3) is 0.458. The topological polar surface area (TPSA) is 230 Å². The number of aromatic amines is 1. The second-order valence-corrected chi connectivity index (χ2v) is 8.86. The SMILES string of the molecule is CCC(C)C(NC(=O)C(CC(N)=O)NC(=O)C(CO)NC(=O)C(N)Cc1c[nH]c2ccccc12)C(=O)O. The first-order chi connectivity index (χ1) is 17.5. The Kier molecular flexibility index (Phi) is 10.6. The summed E-state index contributed by atoms with van der Waals surface area (Å²) in [7, 11) is 0. The van der Waals surface area contributed by atoms with E-state index >= 15 is 0 Å². The highest BCUT2D eigenvalue weighted by molar-refractivity contribution is 5.96. The predicted molar refractivity (Wildman–Crippen MR) is 134 cm³/mol. The zero-order valence-electron chi connectivity index (χ0n) is 20.7. The summed E-state index contributed by atoms with van der Waals surface area (Å²) in [4.78, 5) is 64.2. The van der Waals surface area contributed by atoms with Gasteiger partial charge >= 0.3 is 5.97 Å². The van der Waals surface area contributed by atoms with E-state index in [1.165, 1.54) is 0 Å². The van der Waals surface area contributed by atoms with Gasteiger partial charge in [-0.05, 0) is 24.0 Å². The number of primary amides is 1. The number of hydrogen-bond donors (Lipinski definition) is 8. The van der Waals surface area contributed by atoms with Crippen molar-refractivity contribution in [2.75, 3.05) is 6.61 Å². The van der Waals surface area contributed by atoms with Crippen molar-refractivity contribution in [3.8, 4) is 0 Å². The minimum Gasteiger partial charge on any atom is -0.480 e. The number of benzene rings is 1. The third-order valence-electron chi connectivity index (χ3n) is 6.08. The zero-order valence-corrected chi connectivity index (χ0v) is 20.7. The van der Waals surface area contributed by atoms with Gasteiger partial charge in [-0.1, -0.05) is 38.5 Å².